The van der Waals surface area contributed by atoms with Crippen molar-refractivity contribution < 1.29 is 4.79 Å². The molecule has 0 aliphatic carbocycles. The van der Waals surface area contributed by atoms with Gasteiger partial charge in [0, 0.05) is 12.4 Å². The van der Waals surface area contributed by atoms with Crippen molar-refractivity contribution in [1.29, 1.82) is 5.26 Å². The van der Waals surface area contributed by atoms with Crippen molar-refractivity contribution in [3.63, 3.8) is 0 Å². The van der Waals surface area contributed by atoms with Crippen LogP contribution in [0.3, 0.4) is 0 Å². The van der Waals surface area contributed by atoms with Gasteiger partial charge in [-0.1, -0.05) is 0 Å². The number of carbonyl (C=O) groups excluding carboxylic acids is 1. The van der Waals surface area contributed by atoms with E-state index in [9.17, 15) is 4.79 Å². The minimum atomic E-state index is -0.658. The second-order valence-corrected chi connectivity index (χ2v) is 2.15. The second-order valence-electron chi connectivity index (χ2n) is 1.81. The Hall–Kier alpha value is -1.40. The second kappa shape index (κ2) is 3.13. The van der Waals surface area contributed by atoms with E-state index in [1.165, 1.54) is 18.5 Å². The molecule has 1 aromatic rings. The van der Waals surface area contributed by atoms with Crippen molar-refractivity contribution in [2.75, 3.05) is 0 Å². The van der Waals surface area contributed by atoms with Crippen LogP contribution in [0.5, 0.6) is 0 Å². The molecule has 0 unspecified atom stereocenters. The molecule has 0 amide bonds. The summed E-state index contributed by atoms with van der Waals surface area (Å²) in [5.74, 6) is 0. The van der Waals surface area contributed by atoms with E-state index in [1.54, 1.807) is 0 Å². The van der Waals surface area contributed by atoms with E-state index in [2.05, 4.69) is 4.98 Å². The Morgan fingerprint density at radius 2 is 2.45 bits per heavy atom. The van der Waals surface area contributed by atoms with Crippen molar-refractivity contribution in [1.82, 2.24) is 4.98 Å². The SMILES string of the molecule is N#Cc1ccncc1C(=O)Cl. The van der Waals surface area contributed by atoms with Crippen LogP contribution in [0.1, 0.15) is 15.9 Å². The minimum Gasteiger partial charge on any atom is -0.275 e. The van der Waals surface area contributed by atoms with Crippen LogP contribution in [0.4, 0.5) is 0 Å². The van der Waals surface area contributed by atoms with Crippen molar-refractivity contribution in [3.8, 4) is 6.07 Å². The zero-order valence-electron chi connectivity index (χ0n) is 5.41. The van der Waals surface area contributed by atoms with Crippen LogP contribution >= 0.6 is 11.6 Å². The van der Waals surface area contributed by atoms with Gasteiger partial charge in [0.1, 0.15) is 6.07 Å². The van der Waals surface area contributed by atoms with Gasteiger partial charge in [-0.25, -0.2) is 0 Å². The summed E-state index contributed by atoms with van der Waals surface area (Å²) in [6.45, 7) is 0. The first-order valence-corrected chi connectivity index (χ1v) is 3.17. The third-order valence-electron chi connectivity index (χ3n) is 1.15. The van der Waals surface area contributed by atoms with Crippen molar-refractivity contribution >= 4 is 16.8 Å². The molecule has 0 aromatic carbocycles. The lowest BCUT2D eigenvalue weighted by atomic mass is 10.2. The summed E-state index contributed by atoms with van der Waals surface area (Å²) < 4.78 is 0. The Morgan fingerprint density at radius 1 is 1.73 bits per heavy atom. The molecule has 0 N–H and O–H groups in total. The number of carbonyl (C=O) groups is 1. The van der Waals surface area contributed by atoms with Gasteiger partial charge in [-0.15, -0.1) is 0 Å². The van der Waals surface area contributed by atoms with Crippen LogP contribution in [-0.2, 0) is 0 Å². The summed E-state index contributed by atoms with van der Waals surface area (Å²) in [5, 5.41) is 7.82. The zero-order chi connectivity index (χ0) is 8.27. The predicted molar refractivity (Wildman–Crippen MR) is 39.1 cm³/mol. The largest absolute Gasteiger partial charge is 0.275 e. The molecule has 0 aliphatic rings. The van der Waals surface area contributed by atoms with Gasteiger partial charge < -0.3 is 0 Å². The van der Waals surface area contributed by atoms with Gasteiger partial charge in [0.05, 0.1) is 11.1 Å². The normalized spacial score (nSPS) is 8.73. The number of nitrogens with zero attached hydrogens (tertiary/aromatic N) is 2. The molecule has 0 bridgehead atoms. The maximum Gasteiger partial charge on any atom is 0.255 e. The van der Waals surface area contributed by atoms with Gasteiger partial charge >= 0.3 is 0 Å². The van der Waals surface area contributed by atoms with Crippen LogP contribution in [0.25, 0.3) is 0 Å². The molecule has 4 heteroatoms. The lowest BCUT2D eigenvalue weighted by Crippen LogP contribution is -1.94. The fourth-order valence-electron chi connectivity index (χ4n) is 0.649. The molecule has 54 valence electrons. The summed E-state index contributed by atoms with van der Waals surface area (Å²) in [5.41, 5.74) is 0.400. The summed E-state index contributed by atoms with van der Waals surface area (Å²) in [7, 11) is 0. The van der Waals surface area contributed by atoms with Gasteiger partial charge in [-0.3, -0.25) is 9.78 Å². The van der Waals surface area contributed by atoms with Crippen LogP contribution in [0, 0.1) is 11.3 Å². The molecule has 0 spiro atoms. The molecule has 1 rings (SSSR count). The summed E-state index contributed by atoms with van der Waals surface area (Å²) in [6.07, 6.45) is 2.70. The number of aromatic nitrogens is 1. The highest BCUT2D eigenvalue weighted by Gasteiger charge is 2.06. The topological polar surface area (TPSA) is 53.8 Å². The van der Waals surface area contributed by atoms with E-state index in [0.29, 0.717) is 0 Å². The summed E-state index contributed by atoms with van der Waals surface area (Å²) in [6, 6.07) is 3.27. The zero-order valence-corrected chi connectivity index (χ0v) is 6.17. The van der Waals surface area contributed by atoms with Crippen molar-refractivity contribution in [3.05, 3.63) is 29.6 Å². The maximum absolute atomic E-state index is 10.6. The van der Waals surface area contributed by atoms with E-state index >= 15 is 0 Å². The van der Waals surface area contributed by atoms with Crippen LogP contribution in [0.15, 0.2) is 18.5 Å². The molecule has 0 atom stereocenters. The first-order valence-electron chi connectivity index (χ1n) is 2.79. The molecule has 0 saturated carbocycles. The lowest BCUT2D eigenvalue weighted by molar-refractivity contribution is 0.108. The van der Waals surface area contributed by atoms with E-state index in [-0.39, 0.29) is 11.1 Å². The van der Waals surface area contributed by atoms with Crippen molar-refractivity contribution in [2.24, 2.45) is 0 Å². The number of pyridine rings is 1. The number of nitriles is 1. The van der Waals surface area contributed by atoms with Crippen LogP contribution in [-0.4, -0.2) is 10.2 Å². The Kier molecular flexibility index (Phi) is 2.19. The number of hydrogen-bond donors (Lipinski definition) is 0. The smallest absolute Gasteiger partial charge is 0.255 e. The minimum absolute atomic E-state index is 0.150. The Bertz CT molecular complexity index is 329. The average molecular weight is 167 g/mol. The van der Waals surface area contributed by atoms with E-state index in [4.69, 9.17) is 16.9 Å². The molecule has 1 heterocycles. The summed E-state index contributed by atoms with van der Waals surface area (Å²) in [4.78, 5) is 14.3. The fourth-order valence-corrected chi connectivity index (χ4v) is 0.799. The first-order chi connectivity index (χ1) is 5.25. The number of hydrogen-bond acceptors (Lipinski definition) is 3. The monoisotopic (exact) mass is 166 g/mol. The molecule has 0 radical (unpaired) electrons. The number of rotatable bonds is 1. The maximum atomic E-state index is 10.6. The highest BCUT2D eigenvalue weighted by Crippen LogP contribution is 2.07. The van der Waals surface area contributed by atoms with Gasteiger partial charge in [0.25, 0.3) is 5.24 Å². The van der Waals surface area contributed by atoms with E-state index < -0.39 is 5.24 Å². The van der Waals surface area contributed by atoms with E-state index in [1.807, 2.05) is 6.07 Å². The molecular weight excluding hydrogens is 164 g/mol. The van der Waals surface area contributed by atoms with Gasteiger partial charge in [0.15, 0.2) is 0 Å². The molecular formula is C7H3ClN2O. The lowest BCUT2D eigenvalue weighted by Gasteiger charge is -1.93. The van der Waals surface area contributed by atoms with Crippen molar-refractivity contribution in [2.45, 2.75) is 0 Å². The predicted octanol–water partition coefficient (Wildman–Crippen LogP) is 1.33. The Morgan fingerprint density at radius 3 is 2.91 bits per heavy atom. The van der Waals surface area contributed by atoms with Crippen LogP contribution < -0.4 is 0 Å². The average Bonchev–Trinajstić information content (AvgIpc) is 2.04. The first kappa shape index (κ1) is 7.70. The van der Waals surface area contributed by atoms with Gasteiger partial charge in [-0.2, -0.15) is 5.26 Å². The molecule has 3 nitrogen and oxygen atoms in total. The van der Waals surface area contributed by atoms with Crippen LogP contribution in [0.2, 0.25) is 0 Å². The van der Waals surface area contributed by atoms with Gasteiger partial charge in [0.2, 0.25) is 0 Å². The standard InChI is InChI=1S/C7H3ClN2O/c8-7(11)6-4-10-2-1-5(6)3-9/h1-2,4H. The molecule has 0 fully saturated rings. The number of halogens is 1. The Labute approximate surface area is 68.2 Å². The summed E-state index contributed by atoms with van der Waals surface area (Å²) >= 11 is 5.16. The highest BCUT2D eigenvalue weighted by atomic mass is 35.5. The molecule has 0 saturated heterocycles. The molecule has 1 aromatic heterocycles. The third kappa shape index (κ3) is 1.54. The van der Waals surface area contributed by atoms with Gasteiger partial charge in [-0.05, 0) is 17.7 Å². The quantitative estimate of drug-likeness (QED) is 0.592. The highest BCUT2D eigenvalue weighted by molar-refractivity contribution is 6.67. The Balaban J connectivity index is 3.26. The van der Waals surface area contributed by atoms with E-state index in [0.717, 1.165) is 0 Å². The molecule has 11 heavy (non-hydrogen) atoms. The third-order valence-corrected chi connectivity index (χ3v) is 1.36. The fraction of sp³-hybridized carbons (Fsp3) is 0. The molecule has 0 aliphatic heterocycles.